The maximum atomic E-state index is 14.0. The van der Waals surface area contributed by atoms with Crippen molar-refractivity contribution in [3.05, 3.63) is 94.7 Å². The highest BCUT2D eigenvalue weighted by Crippen LogP contribution is 2.43. The number of aryl methyl sites for hydroxylation is 1. The maximum absolute atomic E-state index is 14.0. The SMILES string of the molecule is CO[C@H]1/C=C/CCN(C)C(=O)C[C@](O)(C(=O)NS(=O)(=O)c2ccccn2)c2ccc3c(c2)N(CCCCc2cc(Cl)ccc2CO3)C[C@@H]2CC[C@H]21. The molecular weight excluding hydrogens is 692 g/mol. The molecule has 11 nitrogen and oxygen atoms in total. The normalized spacial score (nSPS) is 25.3. The number of pyridine rings is 1. The summed E-state index contributed by atoms with van der Waals surface area (Å²) in [5.74, 6) is -0.664. The van der Waals surface area contributed by atoms with Gasteiger partial charge in [0.1, 0.15) is 12.4 Å². The van der Waals surface area contributed by atoms with Crippen LogP contribution in [0.4, 0.5) is 5.69 Å². The molecule has 2 amide bonds. The van der Waals surface area contributed by atoms with Gasteiger partial charge in [-0.15, -0.1) is 0 Å². The van der Waals surface area contributed by atoms with Gasteiger partial charge in [-0.3, -0.25) is 9.59 Å². The van der Waals surface area contributed by atoms with Crippen LogP contribution in [0.1, 0.15) is 55.2 Å². The molecule has 0 spiro atoms. The van der Waals surface area contributed by atoms with Crippen LogP contribution in [0.3, 0.4) is 0 Å². The summed E-state index contributed by atoms with van der Waals surface area (Å²) in [7, 11) is -1.16. The van der Waals surface area contributed by atoms with E-state index in [1.54, 1.807) is 32.4 Å². The fourth-order valence-corrected chi connectivity index (χ4v) is 8.35. The lowest BCUT2D eigenvalue weighted by molar-refractivity contribution is -0.148. The van der Waals surface area contributed by atoms with Crippen LogP contribution in [0.2, 0.25) is 5.02 Å². The first-order chi connectivity index (χ1) is 24.5. The van der Waals surface area contributed by atoms with E-state index in [4.69, 9.17) is 21.1 Å². The molecule has 0 radical (unpaired) electrons. The Labute approximate surface area is 304 Å². The molecule has 1 fully saturated rings. The van der Waals surface area contributed by atoms with Crippen molar-refractivity contribution < 1.29 is 32.6 Å². The van der Waals surface area contributed by atoms with E-state index in [0.29, 0.717) is 48.4 Å². The molecule has 4 atom stereocenters. The zero-order valence-corrected chi connectivity index (χ0v) is 30.5. The third-order valence-electron chi connectivity index (χ3n) is 10.4. The molecule has 0 saturated heterocycles. The van der Waals surface area contributed by atoms with Crippen LogP contribution in [-0.2, 0) is 43.0 Å². The molecule has 272 valence electrons. The number of sulfonamides is 1. The van der Waals surface area contributed by atoms with Gasteiger partial charge in [-0.25, -0.2) is 9.71 Å². The molecule has 0 unspecified atom stereocenters. The molecule has 3 aliphatic rings. The number of rotatable bonds is 4. The van der Waals surface area contributed by atoms with Gasteiger partial charge in [0.15, 0.2) is 10.6 Å². The van der Waals surface area contributed by atoms with E-state index in [-0.39, 0.29) is 24.2 Å². The quantitative estimate of drug-likeness (QED) is 0.355. The highest BCUT2D eigenvalue weighted by atomic mass is 35.5. The van der Waals surface area contributed by atoms with Crippen LogP contribution in [0.5, 0.6) is 5.75 Å². The lowest BCUT2D eigenvalue weighted by Crippen LogP contribution is -2.49. The Morgan fingerprint density at radius 1 is 1.10 bits per heavy atom. The Kier molecular flexibility index (Phi) is 11.4. The number of methoxy groups -OCH3 is 1. The Morgan fingerprint density at radius 2 is 1.94 bits per heavy atom. The highest BCUT2D eigenvalue weighted by molar-refractivity contribution is 7.90. The summed E-state index contributed by atoms with van der Waals surface area (Å²) in [4.78, 5) is 35.3. The summed E-state index contributed by atoms with van der Waals surface area (Å²) in [5, 5.41) is 12.6. The van der Waals surface area contributed by atoms with Crippen LogP contribution in [0.15, 0.2) is 78.0 Å². The lowest BCUT2D eigenvalue weighted by atomic mass is 9.70. The van der Waals surface area contributed by atoms with Gasteiger partial charge in [0.2, 0.25) is 5.91 Å². The molecule has 1 saturated carbocycles. The van der Waals surface area contributed by atoms with Crippen LogP contribution >= 0.6 is 11.6 Å². The summed E-state index contributed by atoms with van der Waals surface area (Å²) in [6.45, 7) is 1.93. The van der Waals surface area contributed by atoms with Crippen molar-refractivity contribution in [3.8, 4) is 5.75 Å². The molecule has 13 heteroatoms. The van der Waals surface area contributed by atoms with Crippen LogP contribution in [0.25, 0.3) is 0 Å². The van der Waals surface area contributed by atoms with E-state index in [2.05, 4.69) is 16.0 Å². The van der Waals surface area contributed by atoms with Gasteiger partial charge in [-0.1, -0.05) is 42.0 Å². The van der Waals surface area contributed by atoms with E-state index < -0.39 is 38.9 Å². The van der Waals surface area contributed by atoms with E-state index >= 15 is 0 Å². The van der Waals surface area contributed by atoms with E-state index in [1.165, 1.54) is 29.3 Å². The van der Waals surface area contributed by atoms with Gasteiger partial charge < -0.3 is 24.4 Å². The van der Waals surface area contributed by atoms with Crippen molar-refractivity contribution >= 4 is 39.1 Å². The molecule has 2 bridgehead atoms. The van der Waals surface area contributed by atoms with E-state index in [9.17, 15) is 23.1 Å². The number of anilines is 1. The molecule has 1 aromatic heterocycles. The van der Waals surface area contributed by atoms with Gasteiger partial charge in [0.25, 0.3) is 15.9 Å². The fraction of sp³-hybridized carbons (Fsp3) is 0.447. The second-order valence-corrected chi connectivity index (χ2v) is 15.7. The maximum Gasteiger partial charge on any atom is 0.281 e. The minimum atomic E-state index is -4.48. The number of benzene rings is 2. The van der Waals surface area contributed by atoms with E-state index in [1.807, 2.05) is 29.0 Å². The molecule has 2 N–H and O–H groups in total. The number of hydrogen-bond donors (Lipinski definition) is 2. The number of carbonyl (C=O) groups is 2. The molecular formula is C38H45ClN4O7S. The van der Waals surface area contributed by atoms with Gasteiger partial charge in [-0.05, 0) is 103 Å². The minimum Gasteiger partial charge on any atom is -0.487 e. The van der Waals surface area contributed by atoms with Crippen molar-refractivity contribution in [3.63, 3.8) is 0 Å². The van der Waals surface area contributed by atoms with Crippen LogP contribution in [0, 0.1) is 11.8 Å². The highest BCUT2D eigenvalue weighted by Gasteiger charge is 2.44. The van der Waals surface area contributed by atoms with Crippen LogP contribution in [-0.4, -0.2) is 75.1 Å². The average Bonchev–Trinajstić information content (AvgIpc) is 3.14. The number of nitrogens with one attached hydrogen (secondary N) is 1. The lowest BCUT2D eigenvalue weighted by Gasteiger charge is -2.43. The predicted octanol–water partition coefficient (Wildman–Crippen LogP) is 5.00. The number of aliphatic hydroxyl groups is 1. The molecule has 6 rings (SSSR count). The van der Waals surface area contributed by atoms with Crippen LogP contribution < -0.4 is 14.4 Å². The zero-order valence-electron chi connectivity index (χ0n) is 29.0. The number of carbonyl (C=O) groups excluding carboxylic acids is 2. The largest absolute Gasteiger partial charge is 0.487 e. The molecule has 2 aromatic carbocycles. The number of nitrogens with zero attached hydrogens (tertiary/aromatic N) is 3. The molecule has 51 heavy (non-hydrogen) atoms. The number of hydrogen-bond acceptors (Lipinski definition) is 9. The van der Waals surface area contributed by atoms with Gasteiger partial charge in [-0.2, -0.15) is 8.42 Å². The summed E-state index contributed by atoms with van der Waals surface area (Å²) in [6.07, 6.45) is 9.73. The molecule has 3 heterocycles. The number of ether oxygens (including phenoxy) is 2. The van der Waals surface area contributed by atoms with Gasteiger partial charge >= 0.3 is 0 Å². The number of fused-ring (bicyclic) bond motifs is 3. The van der Waals surface area contributed by atoms with Crippen molar-refractivity contribution in [2.24, 2.45) is 11.8 Å². The van der Waals surface area contributed by atoms with E-state index in [0.717, 1.165) is 43.2 Å². The summed E-state index contributed by atoms with van der Waals surface area (Å²) in [6, 6.07) is 14.9. The Morgan fingerprint density at radius 3 is 2.69 bits per heavy atom. The Balaban J connectivity index is 1.45. The van der Waals surface area contributed by atoms with Gasteiger partial charge in [0, 0.05) is 45.0 Å². The Bertz CT molecular complexity index is 1870. The smallest absolute Gasteiger partial charge is 0.281 e. The zero-order chi connectivity index (χ0) is 36.2. The number of amides is 2. The molecule has 1 aliphatic carbocycles. The molecule has 3 aromatic rings. The third-order valence-corrected chi connectivity index (χ3v) is 11.9. The fourth-order valence-electron chi connectivity index (χ4n) is 7.18. The summed E-state index contributed by atoms with van der Waals surface area (Å²) in [5.41, 5.74) is 0.286. The Hall–Kier alpha value is -3.97. The first-order valence-electron chi connectivity index (χ1n) is 17.4. The first kappa shape index (κ1) is 36.8. The van der Waals surface area contributed by atoms with Crippen molar-refractivity contribution in [1.82, 2.24) is 14.6 Å². The van der Waals surface area contributed by atoms with Crippen molar-refractivity contribution in [2.45, 2.75) is 68.3 Å². The first-order valence-corrected chi connectivity index (χ1v) is 19.3. The molecule has 2 aliphatic heterocycles. The second-order valence-electron chi connectivity index (χ2n) is 13.7. The number of halogens is 1. The monoisotopic (exact) mass is 736 g/mol. The summed E-state index contributed by atoms with van der Waals surface area (Å²) >= 11 is 6.36. The number of aromatic nitrogens is 1. The standard InChI is InChI=1S/C38H45ClN4O7S/c1-42-19-7-5-10-33(49-2)31-16-13-27(31)24-43-20-8-4-9-26-21-30(39)15-12-28(26)25-50-34-17-14-29(22-32(34)43)38(46,23-36(42)44)37(45)41-51(47,48)35-11-3-6-18-40-35/h3,5-6,10-12,14-15,17-18,21-22,27,31,33,46H,4,7-9,13,16,19-20,23-25H2,1-2H3,(H,41,45)/b10-5+/t27-,31+,33-,38+/m0/s1. The minimum absolute atomic E-state index is 0.0688. The van der Waals surface area contributed by atoms with Crippen molar-refractivity contribution in [1.29, 1.82) is 0 Å². The average molecular weight is 737 g/mol. The topological polar surface area (TPSA) is 138 Å². The van der Waals surface area contributed by atoms with Gasteiger partial charge in [0.05, 0.1) is 18.2 Å². The third kappa shape index (κ3) is 8.25. The predicted molar refractivity (Wildman–Crippen MR) is 194 cm³/mol. The van der Waals surface area contributed by atoms with Crippen molar-refractivity contribution in [2.75, 3.05) is 38.7 Å². The second kappa shape index (κ2) is 15.7. The summed E-state index contributed by atoms with van der Waals surface area (Å²) < 4.78 is 41.0.